The van der Waals surface area contributed by atoms with E-state index in [-0.39, 0.29) is 0 Å². The number of para-hydroxylation sites is 2. The molecule has 0 aliphatic heterocycles. The summed E-state index contributed by atoms with van der Waals surface area (Å²) in [4.78, 5) is 7.93. The normalized spacial score (nSPS) is 11.1. The Kier molecular flexibility index (Phi) is 3.30. The van der Waals surface area contributed by atoms with Gasteiger partial charge in [-0.2, -0.15) is 0 Å². The van der Waals surface area contributed by atoms with E-state index in [1.54, 1.807) is 11.8 Å². The van der Waals surface area contributed by atoms with Crippen molar-refractivity contribution in [1.29, 1.82) is 0 Å². The van der Waals surface area contributed by atoms with Crippen molar-refractivity contribution in [3.8, 4) is 0 Å². The van der Waals surface area contributed by atoms with Crippen LogP contribution in [0.25, 0.3) is 11.0 Å². The number of nitrogens with one attached hydrogen (secondary N) is 1. The van der Waals surface area contributed by atoms with Gasteiger partial charge in [-0.3, -0.25) is 0 Å². The van der Waals surface area contributed by atoms with Gasteiger partial charge in [0.1, 0.15) is 0 Å². The predicted molar refractivity (Wildman–Crippen MR) is 81.6 cm³/mol. The number of aromatic amines is 1. The van der Waals surface area contributed by atoms with Crippen LogP contribution < -0.4 is 0 Å². The topological polar surface area (TPSA) is 28.7 Å². The summed E-state index contributed by atoms with van der Waals surface area (Å²) >= 11 is 1.75. The average Bonchev–Trinajstić information content (AvgIpc) is 2.80. The van der Waals surface area contributed by atoms with Crippen molar-refractivity contribution in [1.82, 2.24) is 9.97 Å². The maximum atomic E-state index is 4.58. The third-order valence-electron chi connectivity index (χ3n) is 3.23. The summed E-state index contributed by atoms with van der Waals surface area (Å²) in [7, 11) is 0. The molecule has 0 radical (unpaired) electrons. The average molecular weight is 268 g/mol. The lowest BCUT2D eigenvalue weighted by Crippen LogP contribution is -1.88. The van der Waals surface area contributed by atoms with E-state index in [0.717, 1.165) is 21.9 Å². The van der Waals surface area contributed by atoms with Crippen molar-refractivity contribution >= 4 is 22.8 Å². The molecular formula is C16H16N2S. The maximum absolute atomic E-state index is 4.58. The van der Waals surface area contributed by atoms with E-state index in [1.807, 2.05) is 18.2 Å². The Balaban J connectivity index is 1.78. The Morgan fingerprint density at radius 1 is 1.11 bits per heavy atom. The van der Waals surface area contributed by atoms with E-state index < -0.39 is 0 Å². The molecule has 3 heteroatoms. The fourth-order valence-corrected chi connectivity index (χ4v) is 3.11. The Bertz CT molecular complexity index is 683. The lowest BCUT2D eigenvalue weighted by atomic mass is 10.1. The van der Waals surface area contributed by atoms with Crippen molar-refractivity contribution in [2.24, 2.45) is 0 Å². The minimum absolute atomic E-state index is 0.950. The van der Waals surface area contributed by atoms with Crippen LogP contribution in [-0.4, -0.2) is 9.97 Å². The summed E-state index contributed by atoms with van der Waals surface area (Å²) in [5, 5.41) is 0.987. The summed E-state index contributed by atoms with van der Waals surface area (Å²) in [6.45, 7) is 4.30. The lowest BCUT2D eigenvalue weighted by molar-refractivity contribution is 1.08. The van der Waals surface area contributed by atoms with E-state index in [2.05, 4.69) is 48.1 Å². The van der Waals surface area contributed by atoms with Crippen LogP contribution in [0.15, 0.2) is 47.6 Å². The van der Waals surface area contributed by atoms with Crippen LogP contribution in [0.3, 0.4) is 0 Å². The highest BCUT2D eigenvalue weighted by atomic mass is 32.2. The first-order valence-corrected chi connectivity index (χ1v) is 7.34. The Labute approximate surface area is 117 Å². The first kappa shape index (κ1) is 12.3. The summed E-state index contributed by atoms with van der Waals surface area (Å²) in [6.07, 6.45) is 0. The van der Waals surface area contributed by atoms with Gasteiger partial charge in [0.25, 0.3) is 0 Å². The molecule has 0 saturated carbocycles. The summed E-state index contributed by atoms with van der Waals surface area (Å²) in [5.41, 5.74) is 6.17. The number of benzene rings is 2. The number of hydrogen-bond donors (Lipinski definition) is 1. The highest BCUT2D eigenvalue weighted by molar-refractivity contribution is 7.98. The van der Waals surface area contributed by atoms with E-state index in [4.69, 9.17) is 0 Å². The molecule has 2 nitrogen and oxygen atoms in total. The molecule has 3 rings (SSSR count). The summed E-state index contributed by atoms with van der Waals surface area (Å²) in [5.74, 6) is 0.950. The van der Waals surface area contributed by atoms with Gasteiger partial charge in [-0.05, 0) is 37.1 Å². The number of imidazole rings is 1. The van der Waals surface area contributed by atoms with Gasteiger partial charge < -0.3 is 4.98 Å². The molecular weight excluding hydrogens is 252 g/mol. The molecule has 0 aliphatic carbocycles. The molecule has 19 heavy (non-hydrogen) atoms. The molecule has 0 atom stereocenters. The Morgan fingerprint density at radius 3 is 2.74 bits per heavy atom. The van der Waals surface area contributed by atoms with Crippen molar-refractivity contribution in [3.05, 3.63) is 59.2 Å². The van der Waals surface area contributed by atoms with E-state index >= 15 is 0 Å². The molecule has 0 aliphatic rings. The maximum Gasteiger partial charge on any atom is 0.166 e. The molecule has 2 aromatic carbocycles. The molecule has 1 heterocycles. The molecule has 0 unspecified atom stereocenters. The zero-order valence-electron chi connectivity index (χ0n) is 11.1. The largest absolute Gasteiger partial charge is 0.333 e. The molecule has 0 saturated heterocycles. The van der Waals surface area contributed by atoms with Crippen molar-refractivity contribution in [3.63, 3.8) is 0 Å². The van der Waals surface area contributed by atoms with Gasteiger partial charge in [-0.15, -0.1) is 0 Å². The van der Waals surface area contributed by atoms with Crippen LogP contribution in [-0.2, 0) is 5.75 Å². The van der Waals surface area contributed by atoms with Crippen LogP contribution in [0.1, 0.15) is 16.7 Å². The second kappa shape index (κ2) is 5.10. The third-order valence-corrected chi connectivity index (χ3v) is 4.15. The number of aromatic nitrogens is 2. The predicted octanol–water partition coefficient (Wildman–Crippen LogP) is 4.47. The molecule has 0 bridgehead atoms. The van der Waals surface area contributed by atoms with E-state index in [9.17, 15) is 0 Å². The number of hydrogen-bond acceptors (Lipinski definition) is 2. The van der Waals surface area contributed by atoms with E-state index in [0.29, 0.717) is 0 Å². The monoisotopic (exact) mass is 268 g/mol. The fraction of sp³-hybridized carbons (Fsp3) is 0.188. The second-order valence-electron chi connectivity index (χ2n) is 4.78. The minimum Gasteiger partial charge on any atom is -0.333 e. The van der Waals surface area contributed by atoms with Crippen molar-refractivity contribution < 1.29 is 0 Å². The quantitative estimate of drug-likeness (QED) is 0.710. The third kappa shape index (κ3) is 2.66. The summed E-state index contributed by atoms with van der Waals surface area (Å²) in [6, 6.07) is 14.7. The van der Waals surface area contributed by atoms with Crippen LogP contribution in [0, 0.1) is 13.8 Å². The number of H-pyrrole nitrogens is 1. The van der Waals surface area contributed by atoms with Gasteiger partial charge in [0, 0.05) is 5.75 Å². The van der Waals surface area contributed by atoms with Gasteiger partial charge >= 0.3 is 0 Å². The van der Waals surface area contributed by atoms with Gasteiger partial charge in [-0.1, -0.05) is 47.7 Å². The fourth-order valence-electron chi connectivity index (χ4n) is 2.15. The van der Waals surface area contributed by atoms with Gasteiger partial charge in [0.15, 0.2) is 5.16 Å². The minimum atomic E-state index is 0.950. The highest BCUT2D eigenvalue weighted by Gasteiger charge is 2.04. The first-order chi connectivity index (χ1) is 9.22. The molecule has 1 N–H and O–H groups in total. The van der Waals surface area contributed by atoms with Crippen LogP contribution in [0.2, 0.25) is 0 Å². The second-order valence-corrected chi connectivity index (χ2v) is 5.74. The lowest BCUT2D eigenvalue weighted by Gasteiger charge is -2.05. The van der Waals surface area contributed by atoms with Crippen LogP contribution in [0.5, 0.6) is 0 Å². The molecule has 3 aromatic rings. The Morgan fingerprint density at radius 2 is 1.95 bits per heavy atom. The molecule has 0 amide bonds. The first-order valence-electron chi connectivity index (χ1n) is 6.36. The van der Waals surface area contributed by atoms with Crippen molar-refractivity contribution in [2.75, 3.05) is 0 Å². The Hall–Kier alpha value is -1.74. The number of nitrogens with zero attached hydrogens (tertiary/aromatic N) is 1. The molecule has 96 valence electrons. The standard InChI is InChI=1S/C16H16N2S/c1-11-7-8-13(12(2)9-11)10-19-16-17-14-5-3-4-6-15(14)18-16/h3-9H,10H2,1-2H3,(H,17,18). The zero-order valence-corrected chi connectivity index (χ0v) is 11.9. The van der Waals surface area contributed by atoms with E-state index in [1.165, 1.54) is 16.7 Å². The van der Waals surface area contributed by atoms with Crippen molar-refractivity contribution in [2.45, 2.75) is 24.8 Å². The highest BCUT2D eigenvalue weighted by Crippen LogP contribution is 2.24. The number of fused-ring (bicyclic) bond motifs is 1. The molecule has 0 spiro atoms. The number of thioether (sulfide) groups is 1. The van der Waals surface area contributed by atoms with Crippen LogP contribution >= 0.6 is 11.8 Å². The zero-order chi connectivity index (χ0) is 13.2. The summed E-state index contributed by atoms with van der Waals surface area (Å²) < 4.78 is 0. The smallest absolute Gasteiger partial charge is 0.166 e. The molecule has 0 fully saturated rings. The van der Waals surface area contributed by atoms with Gasteiger partial charge in [-0.25, -0.2) is 4.98 Å². The van der Waals surface area contributed by atoms with Gasteiger partial charge in [0.2, 0.25) is 0 Å². The van der Waals surface area contributed by atoms with Crippen LogP contribution in [0.4, 0.5) is 0 Å². The molecule has 1 aromatic heterocycles. The number of aryl methyl sites for hydroxylation is 2. The number of rotatable bonds is 3. The van der Waals surface area contributed by atoms with Gasteiger partial charge in [0.05, 0.1) is 11.0 Å². The SMILES string of the molecule is Cc1ccc(CSc2nc3ccccc3[nH]2)c(C)c1.